The number of carbonyl (C=O) groups excluding carboxylic acids is 1. The minimum Gasteiger partial charge on any atom is -0.325 e. The van der Waals surface area contributed by atoms with Gasteiger partial charge in [0.05, 0.1) is 10.6 Å². The quantitative estimate of drug-likeness (QED) is 0.532. The van der Waals surface area contributed by atoms with Gasteiger partial charge in [0.2, 0.25) is 5.91 Å². The monoisotopic (exact) mass is 403 g/mol. The van der Waals surface area contributed by atoms with Crippen molar-refractivity contribution in [2.45, 2.75) is 36.6 Å². The summed E-state index contributed by atoms with van der Waals surface area (Å²) in [7, 11) is 1.70. The molecular weight excluding hydrogens is 385 g/mol. The Labute approximate surface area is 163 Å². The lowest BCUT2D eigenvalue weighted by molar-refractivity contribution is -0.115. The highest BCUT2D eigenvalue weighted by molar-refractivity contribution is 8.00. The van der Waals surface area contributed by atoms with Gasteiger partial charge in [-0.05, 0) is 56.0 Å². The fourth-order valence-electron chi connectivity index (χ4n) is 3.20. The Morgan fingerprint density at radius 1 is 1.33 bits per heavy atom. The minimum absolute atomic E-state index is 0.0481. The number of benzene rings is 1. The van der Waals surface area contributed by atoms with Gasteiger partial charge < -0.3 is 5.32 Å². The van der Waals surface area contributed by atoms with Crippen LogP contribution in [0.2, 0.25) is 0 Å². The second-order valence-electron chi connectivity index (χ2n) is 6.55. The molecule has 3 aromatic rings. The van der Waals surface area contributed by atoms with Crippen molar-refractivity contribution in [2.75, 3.05) is 5.32 Å². The lowest BCUT2D eigenvalue weighted by Crippen LogP contribution is -2.25. The van der Waals surface area contributed by atoms with Crippen LogP contribution in [0, 0.1) is 5.82 Å². The van der Waals surface area contributed by atoms with E-state index in [0.717, 1.165) is 35.0 Å². The fourth-order valence-corrected chi connectivity index (χ4v) is 5.38. The SMILES string of the molecule is C[C@@H](Sc1nc2sc3c(c2c(=O)n1C)CCC3)C(=O)Nc1ccc(F)cc1. The average Bonchev–Trinajstić information content (AvgIpc) is 3.22. The van der Waals surface area contributed by atoms with Gasteiger partial charge in [-0.3, -0.25) is 14.2 Å². The Morgan fingerprint density at radius 2 is 2.07 bits per heavy atom. The maximum absolute atomic E-state index is 13.0. The summed E-state index contributed by atoms with van der Waals surface area (Å²) in [5.74, 6) is -0.583. The zero-order valence-corrected chi connectivity index (χ0v) is 16.5. The largest absolute Gasteiger partial charge is 0.325 e. The summed E-state index contributed by atoms with van der Waals surface area (Å²) in [6, 6.07) is 5.61. The molecule has 1 amide bonds. The molecule has 2 heterocycles. The molecule has 0 fully saturated rings. The molecule has 1 aromatic carbocycles. The van der Waals surface area contributed by atoms with Gasteiger partial charge in [-0.15, -0.1) is 11.3 Å². The molecule has 27 heavy (non-hydrogen) atoms. The third-order valence-corrected chi connectivity index (χ3v) is 7.00. The van der Waals surface area contributed by atoms with Gasteiger partial charge in [0.25, 0.3) is 5.56 Å². The van der Waals surface area contributed by atoms with E-state index in [4.69, 9.17) is 0 Å². The van der Waals surface area contributed by atoms with E-state index in [0.29, 0.717) is 10.8 Å². The van der Waals surface area contributed by atoms with Gasteiger partial charge in [0, 0.05) is 17.6 Å². The van der Waals surface area contributed by atoms with E-state index < -0.39 is 5.25 Å². The Bertz CT molecular complexity index is 1090. The first-order valence-corrected chi connectivity index (χ1v) is 10.4. The molecule has 0 spiro atoms. The number of aromatic nitrogens is 2. The Balaban J connectivity index is 1.57. The summed E-state index contributed by atoms with van der Waals surface area (Å²) in [6.07, 6.45) is 3.05. The van der Waals surface area contributed by atoms with Crippen LogP contribution in [0.1, 0.15) is 23.8 Å². The van der Waals surface area contributed by atoms with Crippen LogP contribution in [-0.2, 0) is 24.7 Å². The number of fused-ring (bicyclic) bond motifs is 3. The molecule has 1 aliphatic rings. The number of rotatable bonds is 4. The highest BCUT2D eigenvalue weighted by Gasteiger charge is 2.24. The highest BCUT2D eigenvalue weighted by Crippen LogP contribution is 2.35. The lowest BCUT2D eigenvalue weighted by atomic mass is 10.2. The first-order chi connectivity index (χ1) is 12.9. The van der Waals surface area contributed by atoms with Crippen molar-refractivity contribution >= 4 is 44.9 Å². The van der Waals surface area contributed by atoms with Crippen LogP contribution in [0.25, 0.3) is 10.2 Å². The summed E-state index contributed by atoms with van der Waals surface area (Å²) in [5, 5.41) is 3.55. The molecule has 1 atom stereocenters. The number of halogens is 1. The maximum Gasteiger partial charge on any atom is 0.262 e. The Morgan fingerprint density at radius 3 is 2.81 bits per heavy atom. The van der Waals surface area contributed by atoms with Crippen molar-refractivity contribution in [1.82, 2.24) is 9.55 Å². The number of hydrogen-bond acceptors (Lipinski definition) is 5. The third kappa shape index (κ3) is 3.39. The number of amides is 1. The molecule has 1 aliphatic carbocycles. The smallest absolute Gasteiger partial charge is 0.262 e. The lowest BCUT2D eigenvalue weighted by Gasteiger charge is -2.13. The van der Waals surface area contributed by atoms with Gasteiger partial charge in [-0.25, -0.2) is 9.37 Å². The number of nitrogens with zero attached hydrogens (tertiary/aromatic N) is 2. The van der Waals surface area contributed by atoms with Crippen molar-refractivity contribution in [3.63, 3.8) is 0 Å². The molecule has 0 radical (unpaired) electrons. The number of anilines is 1. The van der Waals surface area contributed by atoms with Crippen molar-refractivity contribution < 1.29 is 9.18 Å². The standard InChI is InChI=1S/C19H18FN3O2S2/c1-10(16(24)21-12-8-6-11(20)7-9-12)26-19-22-17-15(18(25)23(19)2)13-4-3-5-14(13)27-17/h6-10H,3-5H2,1-2H3,(H,21,24)/t10-/m1/s1. The van der Waals surface area contributed by atoms with Gasteiger partial charge in [-0.1, -0.05) is 11.8 Å². The van der Waals surface area contributed by atoms with Gasteiger partial charge >= 0.3 is 0 Å². The van der Waals surface area contributed by atoms with E-state index in [-0.39, 0.29) is 17.3 Å². The van der Waals surface area contributed by atoms with E-state index in [1.807, 2.05) is 0 Å². The zero-order chi connectivity index (χ0) is 19.1. The molecule has 4 rings (SSSR count). The molecule has 2 aromatic heterocycles. The number of thiophene rings is 1. The molecule has 0 saturated carbocycles. The van der Waals surface area contributed by atoms with Crippen LogP contribution in [0.4, 0.5) is 10.1 Å². The molecule has 1 N–H and O–H groups in total. The number of aryl methyl sites for hydroxylation is 2. The second kappa shape index (κ2) is 7.09. The topological polar surface area (TPSA) is 64.0 Å². The highest BCUT2D eigenvalue weighted by atomic mass is 32.2. The van der Waals surface area contributed by atoms with Crippen molar-refractivity contribution in [1.29, 1.82) is 0 Å². The maximum atomic E-state index is 13.0. The van der Waals surface area contributed by atoms with E-state index >= 15 is 0 Å². The first-order valence-electron chi connectivity index (χ1n) is 8.68. The Hall–Kier alpha value is -2.19. The molecule has 0 bridgehead atoms. The minimum atomic E-state index is -0.461. The predicted molar refractivity (Wildman–Crippen MR) is 107 cm³/mol. The summed E-state index contributed by atoms with van der Waals surface area (Å²) in [4.78, 5) is 31.9. The van der Waals surface area contributed by atoms with Crippen molar-refractivity contribution in [2.24, 2.45) is 7.05 Å². The van der Waals surface area contributed by atoms with Crippen LogP contribution in [0.15, 0.2) is 34.2 Å². The summed E-state index contributed by atoms with van der Waals surface area (Å²) in [6.45, 7) is 1.76. The summed E-state index contributed by atoms with van der Waals surface area (Å²) in [5.41, 5.74) is 1.63. The van der Waals surface area contributed by atoms with Crippen LogP contribution in [0.3, 0.4) is 0 Å². The number of hydrogen-bond donors (Lipinski definition) is 1. The van der Waals surface area contributed by atoms with Crippen LogP contribution >= 0.6 is 23.1 Å². The van der Waals surface area contributed by atoms with Crippen LogP contribution in [0.5, 0.6) is 0 Å². The van der Waals surface area contributed by atoms with E-state index in [1.54, 1.807) is 25.3 Å². The zero-order valence-electron chi connectivity index (χ0n) is 14.9. The van der Waals surface area contributed by atoms with Crippen molar-refractivity contribution in [3.8, 4) is 0 Å². The van der Waals surface area contributed by atoms with Crippen LogP contribution in [-0.4, -0.2) is 20.7 Å². The predicted octanol–water partition coefficient (Wildman–Crippen LogP) is 3.74. The molecule has 140 valence electrons. The molecule has 0 aliphatic heterocycles. The fraction of sp³-hybridized carbons (Fsp3) is 0.316. The summed E-state index contributed by atoms with van der Waals surface area (Å²) >= 11 is 2.83. The van der Waals surface area contributed by atoms with E-state index in [2.05, 4.69) is 10.3 Å². The Kier molecular flexibility index (Phi) is 4.77. The van der Waals surface area contributed by atoms with Crippen molar-refractivity contribution in [3.05, 3.63) is 50.9 Å². The average molecular weight is 404 g/mol. The number of thioether (sulfide) groups is 1. The van der Waals surface area contributed by atoms with E-state index in [1.165, 1.54) is 45.5 Å². The molecule has 8 heteroatoms. The molecule has 5 nitrogen and oxygen atoms in total. The molecule has 0 unspecified atom stereocenters. The number of nitrogens with one attached hydrogen (secondary N) is 1. The van der Waals surface area contributed by atoms with Crippen LogP contribution < -0.4 is 10.9 Å². The first kappa shape index (κ1) is 18.2. The van der Waals surface area contributed by atoms with E-state index in [9.17, 15) is 14.0 Å². The molecule has 0 saturated heterocycles. The normalized spacial score (nSPS) is 14.3. The number of carbonyl (C=O) groups is 1. The van der Waals surface area contributed by atoms with Gasteiger partial charge in [-0.2, -0.15) is 0 Å². The molecular formula is C19H18FN3O2S2. The summed E-state index contributed by atoms with van der Waals surface area (Å²) < 4.78 is 14.5. The third-order valence-electron chi connectivity index (χ3n) is 4.67. The van der Waals surface area contributed by atoms with Gasteiger partial charge in [0.1, 0.15) is 10.6 Å². The second-order valence-corrected chi connectivity index (χ2v) is 8.94. The van der Waals surface area contributed by atoms with Gasteiger partial charge in [0.15, 0.2) is 5.16 Å².